The summed E-state index contributed by atoms with van der Waals surface area (Å²) in [6, 6.07) is 13.2. The number of anilines is 3. The zero-order chi connectivity index (χ0) is 26.6. The lowest BCUT2D eigenvalue weighted by molar-refractivity contribution is -0.137. The highest BCUT2D eigenvalue weighted by molar-refractivity contribution is 6.05. The monoisotopic (exact) mass is 513 g/mol. The summed E-state index contributed by atoms with van der Waals surface area (Å²) in [5, 5.41) is 5.74. The lowest BCUT2D eigenvalue weighted by atomic mass is 9.97. The quantitative estimate of drug-likeness (QED) is 0.415. The van der Waals surface area contributed by atoms with Crippen LogP contribution in [-0.4, -0.2) is 45.7 Å². The summed E-state index contributed by atoms with van der Waals surface area (Å²) in [5.41, 5.74) is 3.01. The molecule has 0 radical (unpaired) electrons. The van der Waals surface area contributed by atoms with E-state index in [0.717, 1.165) is 23.4 Å². The van der Waals surface area contributed by atoms with Gasteiger partial charge in [-0.05, 0) is 60.5 Å². The number of nitrogens with zero attached hydrogens (tertiary/aromatic N) is 1. The summed E-state index contributed by atoms with van der Waals surface area (Å²) >= 11 is 0. The van der Waals surface area contributed by atoms with E-state index >= 15 is 0 Å². The average molecular weight is 514 g/mol. The molecular formula is C27H26F3N3O4. The molecule has 1 saturated heterocycles. The highest BCUT2D eigenvalue weighted by Gasteiger charge is 2.31. The Kier molecular flexibility index (Phi) is 7.68. The number of carbonyl (C=O) groups is 2. The number of benzene rings is 3. The van der Waals surface area contributed by atoms with Crippen LogP contribution in [0.5, 0.6) is 5.75 Å². The van der Waals surface area contributed by atoms with Crippen molar-refractivity contribution in [3.63, 3.8) is 0 Å². The lowest BCUT2D eigenvalue weighted by Crippen LogP contribution is -2.36. The van der Waals surface area contributed by atoms with Gasteiger partial charge in [-0.15, -0.1) is 0 Å². The molecule has 0 atom stereocenters. The van der Waals surface area contributed by atoms with Crippen molar-refractivity contribution in [1.82, 2.24) is 0 Å². The number of hydrogen-bond acceptors (Lipinski definition) is 6. The topological polar surface area (TPSA) is 79.9 Å². The summed E-state index contributed by atoms with van der Waals surface area (Å²) in [6.45, 7) is 4.80. The van der Waals surface area contributed by atoms with Crippen molar-refractivity contribution in [2.24, 2.45) is 0 Å². The summed E-state index contributed by atoms with van der Waals surface area (Å²) < 4.78 is 50.1. The van der Waals surface area contributed by atoms with Crippen LogP contribution in [0.25, 0.3) is 11.1 Å². The number of rotatable bonds is 7. The molecule has 1 aliphatic rings. The fourth-order valence-electron chi connectivity index (χ4n) is 4.21. The van der Waals surface area contributed by atoms with E-state index in [4.69, 9.17) is 9.47 Å². The van der Waals surface area contributed by atoms with E-state index in [2.05, 4.69) is 15.5 Å². The van der Waals surface area contributed by atoms with Crippen LogP contribution in [0.15, 0.2) is 54.6 Å². The van der Waals surface area contributed by atoms with E-state index in [9.17, 15) is 22.8 Å². The molecule has 10 heteroatoms. The third-order valence-corrected chi connectivity index (χ3v) is 6.12. The van der Waals surface area contributed by atoms with Crippen molar-refractivity contribution in [3.8, 4) is 16.9 Å². The smallest absolute Gasteiger partial charge is 0.416 e. The van der Waals surface area contributed by atoms with Gasteiger partial charge in [-0.1, -0.05) is 12.1 Å². The van der Waals surface area contributed by atoms with E-state index in [1.165, 1.54) is 12.1 Å². The maximum Gasteiger partial charge on any atom is 0.416 e. The molecule has 7 nitrogen and oxygen atoms in total. The Morgan fingerprint density at radius 1 is 1.05 bits per heavy atom. The molecule has 0 unspecified atom stereocenters. The number of ether oxygens (including phenoxy) is 2. The van der Waals surface area contributed by atoms with Crippen LogP contribution in [0.4, 0.5) is 30.2 Å². The molecule has 3 aromatic rings. The largest absolute Gasteiger partial charge is 0.426 e. The molecule has 0 spiro atoms. The minimum Gasteiger partial charge on any atom is -0.426 e. The summed E-state index contributed by atoms with van der Waals surface area (Å²) in [4.78, 5) is 26.3. The van der Waals surface area contributed by atoms with Gasteiger partial charge in [0.2, 0.25) is 0 Å². The van der Waals surface area contributed by atoms with E-state index in [0.29, 0.717) is 61.0 Å². The average Bonchev–Trinajstić information content (AvgIpc) is 2.90. The van der Waals surface area contributed by atoms with E-state index in [1.54, 1.807) is 25.2 Å². The first-order chi connectivity index (χ1) is 17.7. The van der Waals surface area contributed by atoms with Gasteiger partial charge in [0.1, 0.15) is 0 Å². The van der Waals surface area contributed by atoms with Crippen LogP contribution >= 0.6 is 0 Å². The molecule has 3 aromatic carbocycles. The van der Waals surface area contributed by atoms with Gasteiger partial charge < -0.3 is 25.0 Å². The highest BCUT2D eigenvalue weighted by Crippen LogP contribution is 2.42. The first kappa shape index (κ1) is 26.0. The second kappa shape index (κ2) is 10.9. The zero-order valence-electron chi connectivity index (χ0n) is 20.3. The zero-order valence-corrected chi connectivity index (χ0v) is 20.3. The highest BCUT2D eigenvalue weighted by atomic mass is 19.4. The second-order valence-electron chi connectivity index (χ2n) is 8.50. The normalized spacial score (nSPS) is 13.7. The Labute approximate surface area is 212 Å². The van der Waals surface area contributed by atoms with Crippen molar-refractivity contribution in [3.05, 3.63) is 71.3 Å². The van der Waals surface area contributed by atoms with Gasteiger partial charge >= 0.3 is 6.18 Å². The number of aryl methyl sites for hydroxylation is 1. The van der Waals surface area contributed by atoms with E-state index in [1.807, 2.05) is 19.1 Å². The molecular weight excluding hydrogens is 487 g/mol. The van der Waals surface area contributed by atoms with Gasteiger partial charge in [-0.25, -0.2) is 0 Å². The molecule has 2 N–H and O–H groups in total. The van der Waals surface area contributed by atoms with Crippen LogP contribution in [0, 0.1) is 6.92 Å². The lowest BCUT2D eigenvalue weighted by Gasteiger charge is -2.30. The molecule has 194 valence electrons. The van der Waals surface area contributed by atoms with Gasteiger partial charge in [-0.2, -0.15) is 13.2 Å². The SMILES string of the molecule is CNc1cc(N2CCOCC2)cc(-c2cc(NC(=O)c3cccc(C(F)(F)F)c3)ccc2C)c1OC=O. The molecule has 1 heterocycles. The maximum atomic E-state index is 13.1. The van der Waals surface area contributed by atoms with Crippen molar-refractivity contribution >= 4 is 29.4 Å². The van der Waals surface area contributed by atoms with Crippen molar-refractivity contribution in [1.29, 1.82) is 0 Å². The van der Waals surface area contributed by atoms with E-state index < -0.39 is 17.6 Å². The van der Waals surface area contributed by atoms with Crippen molar-refractivity contribution in [2.75, 3.05) is 48.9 Å². The summed E-state index contributed by atoms with van der Waals surface area (Å²) in [6.07, 6.45) is -4.56. The minimum atomic E-state index is -4.56. The number of carbonyl (C=O) groups excluding carboxylic acids is 2. The molecule has 1 aliphatic heterocycles. The Morgan fingerprint density at radius 2 is 1.81 bits per heavy atom. The number of alkyl halides is 3. The first-order valence-corrected chi connectivity index (χ1v) is 11.6. The first-order valence-electron chi connectivity index (χ1n) is 11.6. The van der Waals surface area contributed by atoms with Gasteiger partial charge in [-0.3, -0.25) is 9.59 Å². The fraction of sp³-hybridized carbons (Fsp3) is 0.259. The molecule has 0 bridgehead atoms. The van der Waals surface area contributed by atoms with Crippen LogP contribution in [0.2, 0.25) is 0 Å². The number of nitrogens with one attached hydrogen (secondary N) is 2. The molecule has 1 fully saturated rings. The fourth-order valence-corrected chi connectivity index (χ4v) is 4.21. The molecule has 0 aromatic heterocycles. The number of amides is 1. The van der Waals surface area contributed by atoms with Crippen LogP contribution in [-0.2, 0) is 15.7 Å². The summed E-state index contributed by atoms with van der Waals surface area (Å²) in [7, 11) is 1.72. The Balaban J connectivity index is 1.73. The number of morpholine rings is 1. The Morgan fingerprint density at radius 3 is 2.49 bits per heavy atom. The molecule has 0 aliphatic carbocycles. The standard InChI is InChI=1S/C27H26F3N3O4/c1-17-6-7-20(32-26(35)18-4-3-5-19(12-18)27(28,29)30)13-22(17)23-14-21(33-8-10-36-11-9-33)15-24(31-2)25(23)37-16-34/h3-7,12-16,31H,8-11H2,1-2H3,(H,32,35). The van der Waals surface area contributed by atoms with Gasteiger partial charge in [0.25, 0.3) is 12.4 Å². The van der Waals surface area contributed by atoms with Gasteiger partial charge in [0.05, 0.1) is 24.5 Å². The van der Waals surface area contributed by atoms with Gasteiger partial charge in [0.15, 0.2) is 5.75 Å². The Hall–Kier alpha value is -4.05. The molecule has 37 heavy (non-hydrogen) atoms. The van der Waals surface area contributed by atoms with E-state index in [-0.39, 0.29) is 5.56 Å². The second-order valence-corrected chi connectivity index (χ2v) is 8.50. The van der Waals surface area contributed by atoms with Crippen molar-refractivity contribution < 1.29 is 32.2 Å². The minimum absolute atomic E-state index is 0.117. The maximum absolute atomic E-state index is 13.1. The third kappa shape index (κ3) is 5.86. The third-order valence-electron chi connectivity index (χ3n) is 6.12. The van der Waals surface area contributed by atoms with Crippen LogP contribution in [0.3, 0.4) is 0 Å². The molecule has 4 rings (SSSR count). The predicted octanol–water partition coefficient (Wildman–Crippen LogP) is 5.35. The Bertz CT molecular complexity index is 1300. The molecule has 0 saturated carbocycles. The molecule has 1 amide bonds. The summed E-state index contributed by atoms with van der Waals surface area (Å²) in [5.74, 6) is -0.359. The van der Waals surface area contributed by atoms with Gasteiger partial charge in [0, 0.05) is 42.6 Å². The predicted molar refractivity (Wildman–Crippen MR) is 135 cm³/mol. The van der Waals surface area contributed by atoms with Crippen molar-refractivity contribution in [2.45, 2.75) is 13.1 Å². The number of halogens is 3. The number of hydrogen-bond donors (Lipinski definition) is 2. The van der Waals surface area contributed by atoms with Crippen LogP contribution in [0.1, 0.15) is 21.5 Å². The van der Waals surface area contributed by atoms with Crippen LogP contribution < -0.4 is 20.3 Å².